The lowest BCUT2D eigenvalue weighted by Gasteiger charge is -2.07. The van der Waals surface area contributed by atoms with E-state index in [1.807, 2.05) is 20.8 Å². The fourth-order valence-corrected chi connectivity index (χ4v) is 3.35. The van der Waals surface area contributed by atoms with Crippen molar-refractivity contribution < 1.29 is 9.59 Å². The Labute approximate surface area is 165 Å². The lowest BCUT2D eigenvalue weighted by atomic mass is 10.1. The minimum Gasteiger partial charge on any atom is -0.326 e. The number of hydrogen-bond donors (Lipinski definition) is 1. The van der Waals surface area contributed by atoms with E-state index in [1.54, 1.807) is 24.3 Å². The molecule has 0 fully saturated rings. The van der Waals surface area contributed by atoms with E-state index >= 15 is 0 Å². The van der Waals surface area contributed by atoms with Gasteiger partial charge in [-0.2, -0.15) is 0 Å². The molecule has 0 atom stereocenters. The fraction of sp³-hybridized carbons (Fsp3) is 0.429. The second kappa shape index (κ2) is 10.2. The van der Waals surface area contributed by atoms with Crippen molar-refractivity contribution in [2.75, 3.05) is 11.1 Å². The van der Waals surface area contributed by atoms with Crippen molar-refractivity contribution in [2.24, 2.45) is 0 Å². The van der Waals surface area contributed by atoms with Crippen LogP contribution in [0.2, 0.25) is 0 Å². The van der Waals surface area contributed by atoms with Crippen molar-refractivity contribution >= 4 is 29.1 Å². The molecule has 0 aliphatic rings. The Morgan fingerprint density at radius 3 is 2.22 bits per heavy atom. The summed E-state index contributed by atoms with van der Waals surface area (Å²) >= 11 is 1.34. The van der Waals surface area contributed by atoms with Crippen LogP contribution in [0, 0.1) is 20.8 Å². The van der Waals surface area contributed by atoms with Gasteiger partial charge in [-0.25, -0.2) is 9.97 Å². The van der Waals surface area contributed by atoms with Crippen molar-refractivity contribution in [3.05, 3.63) is 46.8 Å². The second-order valence-corrected chi connectivity index (χ2v) is 7.54. The molecular formula is C21H27N3O2S. The van der Waals surface area contributed by atoms with Crippen LogP contribution >= 0.6 is 11.8 Å². The van der Waals surface area contributed by atoms with Crippen LogP contribution in [0.5, 0.6) is 0 Å². The monoisotopic (exact) mass is 385 g/mol. The first kappa shape index (κ1) is 21.1. The lowest BCUT2D eigenvalue weighted by Crippen LogP contribution is -2.11. The summed E-state index contributed by atoms with van der Waals surface area (Å²) in [4.78, 5) is 33.1. The molecule has 144 valence electrons. The predicted octanol–water partition coefficient (Wildman–Crippen LogP) is 4.90. The molecule has 0 aliphatic heterocycles. The van der Waals surface area contributed by atoms with E-state index in [4.69, 9.17) is 0 Å². The molecule has 0 bridgehead atoms. The number of Topliss-reactive ketones (excluding diaryl/α,β-unsaturated/α-hetero) is 1. The third-order valence-corrected chi connectivity index (χ3v) is 5.29. The molecule has 0 unspecified atom stereocenters. The highest BCUT2D eigenvalue weighted by Gasteiger charge is 2.11. The number of thioether (sulfide) groups is 1. The minimum absolute atomic E-state index is 0.0142. The molecule has 1 aromatic carbocycles. The number of anilines is 1. The Kier molecular flexibility index (Phi) is 7.98. The number of rotatable bonds is 9. The third-order valence-electron chi connectivity index (χ3n) is 4.44. The maximum Gasteiger partial charge on any atom is 0.224 e. The second-order valence-electron chi connectivity index (χ2n) is 6.60. The van der Waals surface area contributed by atoms with Gasteiger partial charge in [0.2, 0.25) is 5.91 Å². The smallest absolute Gasteiger partial charge is 0.224 e. The SMILES string of the molecule is CCCCCC(=O)Nc1ccc(C(=O)CSc2nc(C)c(C)c(C)n2)cc1. The Balaban J connectivity index is 1.89. The van der Waals surface area contributed by atoms with Crippen LogP contribution in [0.4, 0.5) is 5.69 Å². The van der Waals surface area contributed by atoms with Crippen molar-refractivity contribution in [2.45, 2.75) is 58.5 Å². The number of hydrogen-bond acceptors (Lipinski definition) is 5. The van der Waals surface area contributed by atoms with E-state index in [1.165, 1.54) is 11.8 Å². The number of nitrogens with zero attached hydrogens (tertiary/aromatic N) is 2. The van der Waals surface area contributed by atoms with Crippen molar-refractivity contribution in [3.63, 3.8) is 0 Å². The number of carbonyl (C=O) groups excluding carboxylic acids is 2. The highest BCUT2D eigenvalue weighted by atomic mass is 32.2. The molecule has 1 amide bonds. The number of benzene rings is 1. The molecule has 27 heavy (non-hydrogen) atoms. The zero-order valence-electron chi connectivity index (χ0n) is 16.5. The highest BCUT2D eigenvalue weighted by Crippen LogP contribution is 2.19. The third kappa shape index (κ3) is 6.47. The lowest BCUT2D eigenvalue weighted by molar-refractivity contribution is -0.116. The van der Waals surface area contributed by atoms with Crippen LogP contribution in [0.3, 0.4) is 0 Å². The maximum absolute atomic E-state index is 12.4. The van der Waals surface area contributed by atoms with Crippen LogP contribution in [0.25, 0.3) is 0 Å². The number of carbonyl (C=O) groups is 2. The fourth-order valence-electron chi connectivity index (χ4n) is 2.52. The Bertz CT molecular complexity index is 781. The molecular weight excluding hydrogens is 358 g/mol. The highest BCUT2D eigenvalue weighted by molar-refractivity contribution is 7.99. The van der Waals surface area contributed by atoms with Gasteiger partial charge in [-0.15, -0.1) is 0 Å². The molecule has 6 heteroatoms. The van der Waals surface area contributed by atoms with Gasteiger partial charge in [-0.3, -0.25) is 9.59 Å². The number of aromatic nitrogens is 2. The number of unbranched alkanes of at least 4 members (excludes halogenated alkanes) is 2. The zero-order valence-corrected chi connectivity index (χ0v) is 17.3. The van der Waals surface area contributed by atoms with Gasteiger partial charge < -0.3 is 5.32 Å². The summed E-state index contributed by atoms with van der Waals surface area (Å²) < 4.78 is 0. The molecule has 0 radical (unpaired) electrons. The van der Waals surface area contributed by atoms with Crippen LogP contribution in [-0.2, 0) is 4.79 Å². The van der Waals surface area contributed by atoms with E-state index in [2.05, 4.69) is 22.2 Å². The van der Waals surface area contributed by atoms with E-state index in [-0.39, 0.29) is 17.4 Å². The van der Waals surface area contributed by atoms with E-state index in [0.29, 0.717) is 22.8 Å². The number of ketones is 1. The van der Waals surface area contributed by atoms with Gasteiger partial charge in [-0.05, 0) is 57.0 Å². The normalized spacial score (nSPS) is 10.7. The van der Waals surface area contributed by atoms with Gasteiger partial charge in [0.05, 0.1) is 5.75 Å². The summed E-state index contributed by atoms with van der Waals surface area (Å²) in [5.41, 5.74) is 4.30. The Morgan fingerprint density at radius 1 is 1.00 bits per heavy atom. The van der Waals surface area contributed by atoms with Crippen molar-refractivity contribution in [1.82, 2.24) is 9.97 Å². The van der Waals surface area contributed by atoms with Crippen LogP contribution in [0.15, 0.2) is 29.4 Å². The maximum atomic E-state index is 12.4. The number of aryl methyl sites for hydroxylation is 2. The molecule has 0 saturated heterocycles. The molecule has 2 aromatic rings. The van der Waals surface area contributed by atoms with Gasteiger partial charge in [0.15, 0.2) is 10.9 Å². The van der Waals surface area contributed by atoms with Gasteiger partial charge >= 0.3 is 0 Å². The Hall–Kier alpha value is -2.21. The molecule has 1 aromatic heterocycles. The van der Waals surface area contributed by atoms with Crippen molar-refractivity contribution in [3.8, 4) is 0 Å². The molecule has 0 saturated carbocycles. The summed E-state index contributed by atoms with van der Waals surface area (Å²) in [5, 5.41) is 3.49. The molecule has 0 aliphatic carbocycles. The summed E-state index contributed by atoms with van der Waals surface area (Å²) in [6, 6.07) is 7.03. The first-order valence-corrected chi connectivity index (χ1v) is 10.3. The topological polar surface area (TPSA) is 72.0 Å². The average molecular weight is 386 g/mol. The van der Waals surface area contributed by atoms with Crippen LogP contribution in [-0.4, -0.2) is 27.4 Å². The summed E-state index contributed by atoms with van der Waals surface area (Å²) in [5.74, 6) is 0.311. The summed E-state index contributed by atoms with van der Waals surface area (Å²) in [7, 11) is 0. The molecule has 0 spiro atoms. The largest absolute Gasteiger partial charge is 0.326 e. The molecule has 1 heterocycles. The summed E-state index contributed by atoms with van der Waals surface area (Å²) in [6.45, 7) is 8.00. The quantitative estimate of drug-likeness (QED) is 0.288. The molecule has 2 rings (SSSR count). The molecule has 1 N–H and O–H groups in total. The first-order chi connectivity index (χ1) is 12.9. The number of nitrogens with one attached hydrogen (secondary N) is 1. The van der Waals surface area contributed by atoms with Crippen LogP contribution in [0.1, 0.15) is 59.9 Å². The van der Waals surface area contributed by atoms with Crippen LogP contribution < -0.4 is 5.32 Å². The van der Waals surface area contributed by atoms with E-state index in [0.717, 1.165) is 36.2 Å². The van der Waals surface area contributed by atoms with Gasteiger partial charge in [0.1, 0.15) is 0 Å². The van der Waals surface area contributed by atoms with Gasteiger partial charge in [0.25, 0.3) is 0 Å². The van der Waals surface area contributed by atoms with Gasteiger partial charge in [0, 0.05) is 29.1 Å². The first-order valence-electron chi connectivity index (χ1n) is 9.28. The number of amides is 1. The standard InChI is InChI=1S/C21H27N3O2S/c1-5-6-7-8-20(26)24-18-11-9-17(10-12-18)19(25)13-27-21-22-15(3)14(2)16(4)23-21/h9-12H,5-8,13H2,1-4H3,(H,24,26). The zero-order chi connectivity index (χ0) is 19.8. The van der Waals surface area contributed by atoms with E-state index < -0.39 is 0 Å². The Morgan fingerprint density at radius 2 is 1.63 bits per heavy atom. The molecule has 5 nitrogen and oxygen atoms in total. The van der Waals surface area contributed by atoms with Gasteiger partial charge in [-0.1, -0.05) is 31.5 Å². The van der Waals surface area contributed by atoms with E-state index in [9.17, 15) is 9.59 Å². The summed E-state index contributed by atoms with van der Waals surface area (Å²) in [6.07, 6.45) is 3.58. The van der Waals surface area contributed by atoms with Crippen molar-refractivity contribution in [1.29, 1.82) is 0 Å². The minimum atomic E-state index is 0.0142. The predicted molar refractivity (Wildman–Crippen MR) is 111 cm³/mol. The average Bonchev–Trinajstić information content (AvgIpc) is 2.65.